The number of halogens is 1. The largest absolute Gasteiger partial charge is 0.368 e. The summed E-state index contributed by atoms with van der Waals surface area (Å²) in [4.78, 5) is 47.7. The smallest absolute Gasteiger partial charge is 0.243 e. The molecule has 3 amide bonds. The Bertz CT molecular complexity index is 737. The van der Waals surface area contributed by atoms with Gasteiger partial charge in [-0.1, -0.05) is 18.2 Å². The van der Waals surface area contributed by atoms with Crippen molar-refractivity contribution in [3.8, 4) is 0 Å². The Morgan fingerprint density at radius 1 is 1.26 bits per heavy atom. The van der Waals surface area contributed by atoms with Gasteiger partial charge < -0.3 is 16.4 Å². The second kappa shape index (κ2) is 9.25. The van der Waals surface area contributed by atoms with Crippen molar-refractivity contribution in [2.75, 3.05) is 0 Å². The molecular weight excluding hydrogens is 353 g/mol. The van der Waals surface area contributed by atoms with Crippen molar-refractivity contribution in [1.29, 1.82) is 0 Å². The summed E-state index contributed by atoms with van der Waals surface area (Å²) in [5, 5.41) is 5.02. The molecule has 0 saturated heterocycles. The highest BCUT2D eigenvalue weighted by Gasteiger charge is 2.34. The number of primary amides is 1. The molecule has 0 unspecified atom stereocenters. The summed E-state index contributed by atoms with van der Waals surface area (Å²) in [5.74, 6) is -2.69. The van der Waals surface area contributed by atoms with Crippen LogP contribution in [0, 0.1) is 11.7 Å². The van der Waals surface area contributed by atoms with Gasteiger partial charge >= 0.3 is 0 Å². The molecule has 1 aromatic carbocycles. The Hall–Kier alpha value is -2.77. The van der Waals surface area contributed by atoms with Gasteiger partial charge in [-0.2, -0.15) is 0 Å². The van der Waals surface area contributed by atoms with E-state index in [1.165, 1.54) is 25.1 Å². The first-order valence-electron chi connectivity index (χ1n) is 8.89. The van der Waals surface area contributed by atoms with Crippen LogP contribution in [0.1, 0.15) is 38.2 Å². The average Bonchev–Trinajstić information content (AvgIpc) is 2.60. The number of rotatable bonds is 7. The normalized spacial score (nSPS) is 19.0. The van der Waals surface area contributed by atoms with Crippen molar-refractivity contribution in [1.82, 2.24) is 10.6 Å². The number of nitrogens with one attached hydrogen (secondary N) is 2. The minimum atomic E-state index is -1.07. The molecule has 0 heterocycles. The predicted molar refractivity (Wildman–Crippen MR) is 95.8 cm³/mol. The van der Waals surface area contributed by atoms with Gasteiger partial charge in [0, 0.05) is 26.2 Å². The zero-order valence-corrected chi connectivity index (χ0v) is 15.2. The number of Topliss-reactive ketones (excluding diaryl/α,β-unsaturated/α-hetero) is 1. The third-order valence-corrected chi connectivity index (χ3v) is 4.67. The van der Waals surface area contributed by atoms with Gasteiger partial charge in [-0.3, -0.25) is 19.2 Å². The first-order chi connectivity index (χ1) is 12.8. The average molecular weight is 377 g/mol. The maximum atomic E-state index is 13.9. The van der Waals surface area contributed by atoms with E-state index in [2.05, 4.69) is 10.6 Å². The van der Waals surface area contributed by atoms with E-state index in [9.17, 15) is 23.6 Å². The molecule has 4 N–H and O–H groups in total. The van der Waals surface area contributed by atoms with Crippen LogP contribution in [0.2, 0.25) is 0 Å². The molecule has 0 aliphatic heterocycles. The molecule has 27 heavy (non-hydrogen) atoms. The number of ketones is 1. The van der Waals surface area contributed by atoms with Crippen molar-refractivity contribution in [3.05, 3.63) is 35.6 Å². The minimum absolute atomic E-state index is 0.0246. The van der Waals surface area contributed by atoms with E-state index in [1.54, 1.807) is 6.07 Å². The Labute approximate surface area is 156 Å². The van der Waals surface area contributed by atoms with Crippen LogP contribution < -0.4 is 16.4 Å². The molecule has 1 fully saturated rings. The lowest BCUT2D eigenvalue weighted by molar-refractivity contribution is -0.132. The zero-order valence-electron chi connectivity index (χ0n) is 15.2. The van der Waals surface area contributed by atoms with Crippen LogP contribution in [-0.2, 0) is 25.6 Å². The standard InChI is InChI=1S/C19H24FN3O4/c1-11(24)22-16(10-12-5-2-3-8-15(12)20)19(27)23-17(18(21)26)13-6-4-7-14(25)9-13/h2-3,5,8,13,16-17H,4,6-7,9-10H2,1H3,(H2,21,26)(H,22,24)(H,23,27)/t13-,16-,17-/m0/s1. The molecule has 0 aromatic heterocycles. The topological polar surface area (TPSA) is 118 Å². The van der Waals surface area contributed by atoms with Crippen molar-refractivity contribution in [2.45, 2.75) is 51.1 Å². The van der Waals surface area contributed by atoms with E-state index in [1.807, 2.05) is 0 Å². The first kappa shape index (κ1) is 20.5. The van der Waals surface area contributed by atoms with Crippen LogP contribution in [0.5, 0.6) is 0 Å². The van der Waals surface area contributed by atoms with Gasteiger partial charge in [0.2, 0.25) is 17.7 Å². The second-order valence-corrected chi connectivity index (χ2v) is 6.83. The molecule has 1 aromatic rings. The summed E-state index contributed by atoms with van der Waals surface area (Å²) < 4.78 is 13.9. The SMILES string of the molecule is CC(=O)N[C@@H](Cc1ccccc1F)C(=O)N[C@H](C(N)=O)[C@H]1CCCC(=O)C1. The van der Waals surface area contributed by atoms with E-state index >= 15 is 0 Å². The van der Waals surface area contributed by atoms with Crippen molar-refractivity contribution >= 4 is 23.5 Å². The summed E-state index contributed by atoms with van der Waals surface area (Å²) in [6, 6.07) is 3.84. The number of nitrogens with two attached hydrogens (primary N) is 1. The molecule has 1 aliphatic carbocycles. The van der Waals surface area contributed by atoms with Crippen LogP contribution in [0.25, 0.3) is 0 Å². The maximum absolute atomic E-state index is 13.9. The quantitative estimate of drug-likeness (QED) is 0.645. The Balaban J connectivity index is 2.15. The third kappa shape index (κ3) is 5.87. The summed E-state index contributed by atoms with van der Waals surface area (Å²) in [5.41, 5.74) is 5.69. The third-order valence-electron chi connectivity index (χ3n) is 4.67. The zero-order chi connectivity index (χ0) is 20.0. The molecular formula is C19H24FN3O4. The number of carbonyl (C=O) groups is 4. The van der Waals surface area contributed by atoms with Crippen LogP contribution in [0.3, 0.4) is 0 Å². The number of hydrogen-bond donors (Lipinski definition) is 3. The number of hydrogen-bond acceptors (Lipinski definition) is 4. The monoisotopic (exact) mass is 377 g/mol. The fraction of sp³-hybridized carbons (Fsp3) is 0.474. The maximum Gasteiger partial charge on any atom is 0.243 e. The molecule has 0 spiro atoms. The van der Waals surface area contributed by atoms with Crippen molar-refractivity contribution in [2.24, 2.45) is 11.7 Å². The molecule has 2 rings (SSSR count). The molecule has 7 nitrogen and oxygen atoms in total. The lowest BCUT2D eigenvalue weighted by Gasteiger charge is -2.29. The Kier molecular flexibility index (Phi) is 7.04. The molecule has 8 heteroatoms. The Morgan fingerprint density at radius 2 is 1.96 bits per heavy atom. The van der Waals surface area contributed by atoms with E-state index in [0.717, 1.165) is 0 Å². The lowest BCUT2D eigenvalue weighted by atomic mass is 9.82. The van der Waals surface area contributed by atoms with Gasteiger partial charge in [0.05, 0.1) is 0 Å². The minimum Gasteiger partial charge on any atom is -0.368 e. The van der Waals surface area contributed by atoms with Gasteiger partial charge in [-0.25, -0.2) is 4.39 Å². The van der Waals surface area contributed by atoms with Crippen LogP contribution in [0.15, 0.2) is 24.3 Å². The highest BCUT2D eigenvalue weighted by molar-refractivity contribution is 5.92. The van der Waals surface area contributed by atoms with Gasteiger partial charge in [-0.05, 0) is 30.4 Å². The predicted octanol–water partition coefficient (Wildman–Crippen LogP) is 0.602. The number of amides is 3. The first-order valence-corrected chi connectivity index (χ1v) is 8.89. The Morgan fingerprint density at radius 3 is 2.56 bits per heavy atom. The summed E-state index contributed by atoms with van der Waals surface area (Å²) in [6.07, 6.45) is 1.78. The van der Waals surface area contributed by atoms with E-state index in [-0.39, 0.29) is 30.1 Å². The fourth-order valence-corrected chi connectivity index (χ4v) is 3.36. The van der Waals surface area contributed by atoms with Gasteiger partial charge in [0.1, 0.15) is 23.7 Å². The van der Waals surface area contributed by atoms with Gasteiger partial charge in [0.15, 0.2) is 0 Å². The van der Waals surface area contributed by atoms with E-state index < -0.39 is 35.6 Å². The highest BCUT2D eigenvalue weighted by atomic mass is 19.1. The number of carbonyl (C=O) groups excluding carboxylic acids is 4. The van der Waals surface area contributed by atoms with Crippen LogP contribution in [0.4, 0.5) is 4.39 Å². The van der Waals surface area contributed by atoms with E-state index in [0.29, 0.717) is 19.3 Å². The van der Waals surface area contributed by atoms with Crippen LogP contribution in [-0.4, -0.2) is 35.6 Å². The lowest BCUT2D eigenvalue weighted by Crippen LogP contribution is -2.56. The second-order valence-electron chi connectivity index (χ2n) is 6.83. The summed E-state index contributed by atoms with van der Waals surface area (Å²) in [6.45, 7) is 1.24. The highest BCUT2D eigenvalue weighted by Crippen LogP contribution is 2.24. The number of benzene rings is 1. The molecule has 0 radical (unpaired) electrons. The molecule has 1 saturated carbocycles. The van der Waals surface area contributed by atoms with Gasteiger partial charge in [-0.15, -0.1) is 0 Å². The van der Waals surface area contributed by atoms with Gasteiger partial charge in [0.25, 0.3) is 0 Å². The molecule has 146 valence electrons. The summed E-state index contributed by atoms with van der Waals surface area (Å²) in [7, 11) is 0. The molecule has 3 atom stereocenters. The fourth-order valence-electron chi connectivity index (χ4n) is 3.36. The van der Waals surface area contributed by atoms with E-state index in [4.69, 9.17) is 5.73 Å². The van der Waals surface area contributed by atoms with Crippen molar-refractivity contribution in [3.63, 3.8) is 0 Å². The van der Waals surface area contributed by atoms with Crippen LogP contribution >= 0.6 is 0 Å². The summed E-state index contributed by atoms with van der Waals surface area (Å²) >= 11 is 0. The molecule has 1 aliphatic rings. The molecule has 0 bridgehead atoms. The van der Waals surface area contributed by atoms with Crippen molar-refractivity contribution < 1.29 is 23.6 Å².